The molecule has 3 rings (SSSR count). The van der Waals surface area contributed by atoms with Gasteiger partial charge in [-0.3, -0.25) is 9.59 Å². The van der Waals surface area contributed by atoms with Gasteiger partial charge in [-0.05, 0) is 12.5 Å². The number of amides is 1. The Morgan fingerprint density at radius 3 is 2.93 bits per heavy atom. The van der Waals surface area contributed by atoms with Crippen LogP contribution in [0.2, 0.25) is 0 Å². The van der Waals surface area contributed by atoms with Gasteiger partial charge in [-0.2, -0.15) is 0 Å². The smallest absolute Gasteiger partial charge is 0.257 e. The maximum atomic E-state index is 12.9. The number of para-hydroxylation sites is 1. The number of carbonyl (C=O) groups is 1. The zero-order valence-electron chi connectivity index (χ0n) is 15.9. The average molecular weight is 401 g/mol. The van der Waals surface area contributed by atoms with Crippen LogP contribution in [0.5, 0.6) is 11.5 Å². The van der Waals surface area contributed by atoms with E-state index in [1.807, 2.05) is 12.1 Å². The largest absolute Gasteiger partial charge is 0.493 e. The molecule has 0 saturated heterocycles. The van der Waals surface area contributed by atoms with E-state index in [2.05, 4.69) is 28.8 Å². The zero-order valence-corrected chi connectivity index (χ0v) is 16.7. The Balaban J connectivity index is 2.11. The van der Waals surface area contributed by atoms with Crippen LogP contribution in [-0.2, 0) is 4.79 Å². The standard InChI is InChI=1S/C20H23N3O4S/c1-4-9-27-17-12(7-6-8-14(17)26-3)13-11-15(24)21-18-16(13)19(25)23-20(22-18)28-10-5-2/h4,6-8,13H,1,5,9-11H2,2-3H3,(H2,21,22,23,24,25). The summed E-state index contributed by atoms with van der Waals surface area (Å²) in [5.41, 5.74) is 0.877. The highest BCUT2D eigenvalue weighted by atomic mass is 32.2. The first kappa shape index (κ1) is 20.0. The molecule has 1 aromatic heterocycles. The summed E-state index contributed by atoms with van der Waals surface area (Å²) >= 11 is 1.45. The molecule has 7 nitrogen and oxygen atoms in total. The number of benzene rings is 1. The minimum absolute atomic E-state index is 0.122. The second-order valence-electron chi connectivity index (χ2n) is 6.27. The van der Waals surface area contributed by atoms with Gasteiger partial charge in [0.05, 0.1) is 12.7 Å². The molecule has 0 saturated carbocycles. The van der Waals surface area contributed by atoms with Crippen LogP contribution in [0.4, 0.5) is 5.82 Å². The summed E-state index contributed by atoms with van der Waals surface area (Å²) in [6, 6.07) is 5.43. The lowest BCUT2D eigenvalue weighted by molar-refractivity contribution is -0.116. The molecule has 1 aliphatic heterocycles. The maximum Gasteiger partial charge on any atom is 0.257 e. The van der Waals surface area contributed by atoms with Crippen LogP contribution in [0.15, 0.2) is 40.8 Å². The predicted molar refractivity (Wildman–Crippen MR) is 110 cm³/mol. The SMILES string of the molecule is C=CCOc1c(OC)cccc1C1CC(=O)Nc2nc(SCCC)[nH]c(=O)c21. The van der Waals surface area contributed by atoms with Crippen molar-refractivity contribution in [1.82, 2.24) is 9.97 Å². The summed E-state index contributed by atoms with van der Waals surface area (Å²) in [6.45, 7) is 6.00. The summed E-state index contributed by atoms with van der Waals surface area (Å²) in [5, 5.41) is 3.24. The van der Waals surface area contributed by atoms with Crippen molar-refractivity contribution in [2.24, 2.45) is 0 Å². The van der Waals surface area contributed by atoms with Crippen molar-refractivity contribution in [3.05, 3.63) is 52.3 Å². The number of nitrogens with one attached hydrogen (secondary N) is 2. The Bertz CT molecular complexity index is 942. The van der Waals surface area contributed by atoms with Crippen LogP contribution in [-0.4, -0.2) is 35.3 Å². The predicted octanol–water partition coefficient (Wildman–Crippen LogP) is 3.32. The van der Waals surface area contributed by atoms with Gasteiger partial charge in [-0.25, -0.2) is 4.98 Å². The number of aromatic nitrogens is 2. The first-order valence-corrected chi connectivity index (χ1v) is 10.0. The van der Waals surface area contributed by atoms with Gasteiger partial charge in [-0.15, -0.1) is 0 Å². The molecule has 0 spiro atoms. The van der Waals surface area contributed by atoms with Crippen molar-refractivity contribution in [2.75, 3.05) is 24.8 Å². The topological polar surface area (TPSA) is 93.3 Å². The Kier molecular flexibility index (Phi) is 6.41. The zero-order chi connectivity index (χ0) is 20.1. The highest BCUT2D eigenvalue weighted by molar-refractivity contribution is 7.99. The number of ether oxygens (including phenoxy) is 2. The number of anilines is 1. The first-order chi connectivity index (χ1) is 13.6. The van der Waals surface area contributed by atoms with Crippen LogP contribution in [0, 0.1) is 0 Å². The average Bonchev–Trinajstić information content (AvgIpc) is 2.69. The fraction of sp³-hybridized carbons (Fsp3) is 0.350. The van der Waals surface area contributed by atoms with E-state index in [-0.39, 0.29) is 24.5 Å². The first-order valence-electron chi connectivity index (χ1n) is 9.06. The number of methoxy groups -OCH3 is 1. The molecule has 0 bridgehead atoms. The van der Waals surface area contributed by atoms with E-state index >= 15 is 0 Å². The summed E-state index contributed by atoms with van der Waals surface area (Å²) in [6.07, 6.45) is 2.70. The number of hydrogen-bond donors (Lipinski definition) is 2. The summed E-state index contributed by atoms with van der Waals surface area (Å²) in [4.78, 5) is 32.5. The van der Waals surface area contributed by atoms with E-state index < -0.39 is 5.92 Å². The van der Waals surface area contributed by atoms with E-state index in [0.29, 0.717) is 33.6 Å². The van der Waals surface area contributed by atoms with E-state index in [1.165, 1.54) is 11.8 Å². The molecule has 0 fully saturated rings. The normalized spacial score (nSPS) is 15.5. The molecule has 148 valence electrons. The van der Waals surface area contributed by atoms with Crippen molar-refractivity contribution in [3.63, 3.8) is 0 Å². The molecule has 8 heteroatoms. The molecule has 1 aromatic carbocycles. The molecule has 2 heterocycles. The molecule has 1 aliphatic rings. The molecular formula is C20H23N3O4S. The van der Waals surface area contributed by atoms with E-state index in [4.69, 9.17) is 9.47 Å². The lowest BCUT2D eigenvalue weighted by Gasteiger charge is -2.26. The van der Waals surface area contributed by atoms with Gasteiger partial charge in [0.25, 0.3) is 5.56 Å². The molecule has 28 heavy (non-hydrogen) atoms. The molecule has 1 unspecified atom stereocenters. The molecule has 1 amide bonds. The third-order valence-corrected chi connectivity index (χ3v) is 5.40. The summed E-state index contributed by atoms with van der Waals surface area (Å²) in [7, 11) is 1.55. The van der Waals surface area contributed by atoms with Crippen LogP contribution in [0.3, 0.4) is 0 Å². The van der Waals surface area contributed by atoms with Gasteiger partial charge >= 0.3 is 0 Å². The molecule has 0 aliphatic carbocycles. The van der Waals surface area contributed by atoms with Gasteiger partial charge in [0.1, 0.15) is 12.4 Å². The number of nitrogens with zero attached hydrogens (tertiary/aromatic N) is 1. The highest BCUT2D eigenvalue weighted by Crippen LogP contribution is 2.42. The van der Waals surface area contributed by atoms with Crippen LogP contribution in [0.1, 0.15) is 36.8 Å². The Morgan fingerprint density at radius 2 is 2.21 bits per heavy atom. The number of thioether (sulfide) groups is 1. The van der Waals surface area contributed by atoms with Crippen molar-refractivity contribution in [3.8, 4) is 11.5 Å². The number of aromatic amines is 1. The minimum Gasteiger partial charge on any atom is -0.493 e. The van der Waals surface area contributed by atoms with E-state index in [1.54, 1.807) is 19.3 Å². The van der Waals surface area contributed by atoms with Crippen molar-refractivity contribution >= 4 is 23.5 Å². The number of hydrogen-bond acceptors (Lipinski definition) is 6. The van der Waals surface area contributed by atoms with Crippen molar-refractivity contribution in [1.29, 1.82) is 0 Å². The van der Waals surface area contributed by atoms with Gasteiger partial charge in [0, 0.05) is 23.7 Å². The van der Waals surface area contributed by atoms with Crippen molar-refractivity contribution < 1.29 is 14.3 Å². The lowest BCUT2D eigenvalue weighted by atomic mass is 9.86. The maximum absolute atomic E-state index is 12.9. The number of H-pyrrole nitrogens is 1. The molecular weight excluding hydrogens is 378 g/mol. The monoisotopic (exact) mass is 401 g/mol. The summed E-state index contributed by atoms with van der Waals surface area (Å²) < 4.78 is 11.2. The molecule has 2 aromatic rings. The fourth-order valence-electron chi connectivity index (χ4n) is 3.15. The second-order valence-corrected chi connectivity index (χ2v) is 7.35. The Hall–Kier alpha value is -2.74. The number of rotatable bonds is 8. The van der Waals surface area contributed by atoms with Gasteiger partial charge < -0.3 is 19.8 Å². The Morgan fingerprint density at radius 1 is 1.39 bits per heavy atom. The van der Waals surface area contributed by atoms with Gasteiger partial charge in [0.15, 0.2) is 16.7 Å². The number of carbonyl (C=O) groups excluding carboxylic acids is 1. The lowest BCUT2D eigenvalue weighted by Crippen LogP contribution is -2.31. The summed E-state index contributed by atoms with van der Waals surface area (Å²) in [5.74, 6) is 1.49. The van der Waals surface area contributed by atoms with Crippen molar-refractivity contribution in [2.45, 2.75) is 30.8 Å². The third kappa shape index (κ3) is 4.06. The van der Waals surface area contributed by atoms with Crippen LogP contribution >= 0.6 is 11.8 Å². The quantitative estimate of drug-likeness (QED) is 0.400. The minimum atomic E-state index is -0.486. The van der Waals surface area contributed by atoms with Gasteiger partial charge in [-0.1, -0.05) is 43.5 Å². The third-order valence-electron chi connectivity index (χ3n) is 4.32. The van der Waals surface area contributed by atoms with Crippen LogP contribution < -0.4 is 20.3 Å². The molecule has 1 atom stereocenters. The van der Waals surface area contributed by atoms with E-state index in [0.717, 1.165) is 12.2 Å². The van der Waals surface area contributed by atoms with E-state index in [9.17, 15) is 9.59 Å². The fourth-order valence-corrected chi connectivity index (χ4v) is 3.87. The number of fused-ring (bicyclic) bond motifs is 1. The highest BCUT2D eigenvalue weighted by Gasteiger charge is 2.33. The Labute approximate surface area is 167 Å². The molecule has 2 N–H and O–H groups in total. The molecule has 0 radical (unpaired) electrons. The van der Waals surface area contributed by atoms with Crippen LogP contribution in [0.25, 0.3) is 0 Å². The second kappa shape index (κ2) is 8.97. The van der Waals surface area contributed by atoms with Gasteiger partial charge in [0.2, 0.25) is 5.91 Å².